The minimum Gasteiger partial charge on any atom is -0.508 e. The first-order valence-corrected chi connectivity index (χ1v) is 12.8. The molecule has 0 fully saturated rings. The van der Waals surface area contributed by atoms with Gasteiger partial charge in [0.05, 0.1) is 22.6 Å². The van der Waals surface area contributed by atoms with E-state index in [2.05, 4.69) is 25.0 Å². The highest BCUT2D eigenvalue weighted by molar-refractivity contribution is 6.76. The lowest BCUT2D eigenvalue weighted by atomic mass is 10.1. The number of hydrogen-bond donors (Lipinski definition) is 2. The highest BCUT2D eigenvalue weighted by Crippen LogP contribution is 2.40. The highest BCUT2D eigenvalue weighted by Gasteiger charge is 2.27. The fourth-order valence-electron chi connectivity index (χ4n) is 2.64. The molecule has 0 saturated carbocycles. The molecule has 0 unspecified atom stereocenters. The van der Waals surface area contributed by atoms with Crippen LogP contribution in [0.3, 0.4) is 0 Å². The van der Waals surface area contributed by atoms with Crippen molar-refractivity contribution in [3.63, 3.8) is 0 Å². The average Bonchev–Trinajstić information content (AvgIpc) is 2.68. The molecule has 27 heavy (non-hydrogen) atoms. The number of amides is 1. The van der Waals surface area contributed by atoms with Crippen LogP contribution in [0.15, 0.2) is 36.4 Å². The number of anilines is 3. The molecule has 0 saturated heterocycles. The van der Waals surface area contributed by atoms with Crippen molar-refractivity contribution in [1.82, 2.24) is 0 Å². The molecule has 1 heterocycles. The monoisotopic (exact) mass is 406 g/mol. The van der Waals surface area contributed by atoms with Crippen LogP contribution >= 0.6 is 11.6 Å². The Bertz CT molecular complexity index is 854. The third-order valence-electron chi connectivity index (χ3n) is 4.13. The zero-order valence-corrected chi connectivity index (χ0v) is 17.3. The molecular weight excluding hydrogens is 384 g/mol. The lowest BCUT2D eigenvalue weighted by molar-refractivity contribution is -0.0497. The highest BCUT2D eigenvalue weighted by atomic mass is 35.5. The number of rotatable bonds is 6. The van der Waals surface area contributed by atoms with Crippen molar-refractivity contribution in [2.45, 2.75) is 25.7 Å². The van der Waals surface area contributed by atoms with E-state index in [9.17, 15) is 9.90 Å². The van der Waals surface area contributed by atoms with Crippen LogP contribution in [-0.4, -0.2) is 32.5 Å². The lowest BCUT2D eigenvalue weighted by Gasteiger charge is -2.25. The summed E-state index contributed by atoms with van der Waals surface area (Å²) in [5, 5.41) is 14.7. The van der Waals surface area contributed by atoms with Crippen molar-refractivity contribution in [2.24, 2.45) is 0 Å². The standard InChI is InChI=1S/C19H23ClN2O4Si/c1-27(2,3)9-8-25-12-26-22-17-10-13(20)4-6-15(17)19(24)21-16-7-5-14(23)11-18(16)22/h4-7,10-11,23H,8-9,12H2,1-3H3,(H,21,24). The van der Waals surface area contributed by atoms with Gasteiger partial charge in [0.15, 0.2) is 6.79 Å². The van der Waals surface area contributed by atoms with Crippen LogP contribution in [0.25, 0.3) is 0 Å². The number of phenols is 1. The Kier molecular flexibility index (Phi) is 5.76. The molecule has 2 aromatic rings. The minimum absolute atomic E-state index is 0.0136. The number of halogens is 1. The molecule has 0 spiro atoms. The largest absolute Gasteiger partial charge is 0.508 e. The first-order chi connectivity index (χ1) is 12.7. The summed E-state index contributed by atoms with van der Waals surface area (Å²) in [7, 11) is -1.19. The molecule has 6 nitrogen and oxygen atoms in total. The van der Waals surface area contributed by atoms with Crippen molar-refractivity contribution in [1.29, 1.82) is 0 Å². The third kappa shape index (κ3) is 4.81. The first-order valence-electron chi connectivity index (χ1n) is 8.69. The topological polar surface area (TPSA) is 71.0 Å². The Hall–Kier alpha value is -2.06. The van der Waals surface area contributed by atoms with E-state index in [1.54, 1.807) is 24.3 Å². The minimum atomic E-state index is -1.19. The van der Waals surface area contributed by atoms with Crippen LogP contribution in [0.5, 0.6) is 5.75 Å². The number of hydrogen-bond acceptors (Lipinski definition) is 5. The van der Waals surface area contributed by atoms with E-state index >= 15 is 0 Å². The molecule has 1 amide bonds. The molecule has 0 radical (unpaired) electrons. The molecule has 0 atom stereocenters. The van der Waals surface area contributed by atoms with Gasteiger partial charge in [0.25, 0.3) is 5.91 Å². The van der Waals surface area contributed by atoms with E-state index in [0.717, 1.165) is 6.04 Å². The molecular formula is C19H23ClN2O4Si. The zero-order valence-electron chi connectivity index (χ0n) is 15.6. The molecule has 2 aromatic carbocycles. The van der Waals surface area contributed by atoms with Crippen LogP contribution in [0, 0.1) is 0 Å². The summed E-state index contributed by atoms with van der Waals surface area (Å²) in [5.74, 6) is -0.221. The van der Waals surface area contributed by atoms with E-state index in [1.165, 1.54) is 17.2 Å². The van der Waals surface area contributed by atoms with Crippen molar-refractivity contribution in [3.05, 3.63) is 47.0 Å². The van der Waals surface area contributed by atoms with Crippen molar-refractivity contribution < 1.29 is 19.5 Å². The summed E-state index contributed by atoms with van der Waals surface area (Å²) < 4.78 is 5.64. The van der Waals surface area contributed by atoms with Gasteiger partial charge < -0.3 is 15.2 Å². The first kappa shape index (κ1) is 19.7. The summed E-state index contributed by atoms with van der Waals surface area (Å²) in [6.45, 7) is 7.46. The van der Waals surface area contributed by atoms with Crippen LogP contribution < -0.4 is 10.4 Å². The number of carbonyl (C=O) groups is 1. The van der Waals surface area contributed by atoms with Gasteiger partial charge in [-0.05, 0) is 36.4 Å². The van der Waals surface area contributed by atoms with Crippen LogP contribution in [0.2, 0.25) is 30.7 Å². The van der Waals surface area contributed by atoms with Gasteiger partial charge >= 0.3 is 0 Å². The Labute approximate surface area is 164 Å². The number of carbonyl (C=O) groups excluding carboxylic acids is 1. The molecule has 0 aromatic heterocycles. The predicted molar refractivity (Wildman–Crippen MR) is 110 cm³/mol. The van der Waals surface area contributed by atoms with Gasteiger partial charge in [-0.3, -0.25) is 4.79 Å². The smallest absolute Gasteiger partial charge is 0.257 e. The van der Waals surface area contributed by atoms with Crippen molar-refractivity contribution >= 4 is 42.6 Å². The second-order valence-electron chi connectivity index (χ2n) is 7.58. The second-order valence-corrected chi connectivity index (χ2v) is 13.6. The number of benzene rings is 2. The summed E-state index contributed by atoms with van der Waals surface area (Å²) >= 11 is 6.15. The number of phenolic OH excluding ortho intramolecular Hbond substituents is 1. The molecule has 2 N–H and O–H groups in total. The van der Waals surface area contributed by atoms with Gasteiger partial charge in [0.2, 0.25) is 0 Å². The van der Waals surface area contributed by atoms with E-state index < -0.39 is 8.07 Å². The fraction of sp³-hybridized carbons (Fsp3) is 0.316. The maximum Gasteiger partial charge on any atom is 0.257 e. The molecule has 8 heteroatoms. The quantitative estimate of drug-likeness (QED) is 0.306. The van der Waals surface area contributed by atoms with E-state index in [4.69, 9.17) is 21.2 Å². The summed E-state index contributed by atoms with van der Waals surface area (Å²) in [4.78, 5) is 18.4. The Morgan fingerprint density at radius 2 is 1.93 bits per heavy atom. The van der Waals surface area contributed by atoms with Crippen molar-refractivity contribution in [2.75, 3.05) is 23.8 Å². The van der Waals surface area contributed by atoms with Crippen molar-refractivity contribution in [3.8, 4) is 5.75 Å². The molecule has 144 valence electrons. The van der Waals surface area contributed by atoms with Gasteiger partial charge in [-0.1, -0.05) is 31.2 Å². The average molecular weight is 407 g/mol. The molecule has 0 aliphatic carbocycles. The molecule has 1 aliphatic rings. The number of ether oxygens (including phenoxy) is 1. The summed E-state index contributed by atoms with van der Waals surface area (Å²) in [6.07, 6.45) is 0. The zero-order chi connectivity index (χ0) is 19.6. The van der Waals surface area contributed by atoms with Gasteiger partial charge in [-0.2, -0.15) is 0 Å². The number of fused-ring (bicyclic) bond motifs is 2. The van der Waals surface area contributed by atoms with Gasteiger partial charge in [0.1, 0.15) is 5.75 Å². The Morgan fingerprint density at radius 1 is 1.15 bits per heavy atom. The number of nitrogens with one attached hydrogen (secondary N) is 1. The normalized spacial score (nSPS) is 13.6. The summed E-state index contributed by atoms with van der Waals surface area (Å²) in [6, 6.07) is 10.6. The van der Waals surface area contributed by atoms with Crippen LogP contribution in [-0.2, 0) is 9.57 Å². The van der Waals surface area contributed by atoms with Gasteiger partial charge in [-0.25, -0.2) is 9.90 Å². The number of aromatic hydroxyl groups is 1. The van der Waals surface area contributed by atoms with E-state index in [1.807, 2.05) is 0 Å². The summed E-state index contributed by atoms with van der Waals surface area (Å²) in [5.41, 5.74) is 1.92. The Balaban J connectivity index is 1.89. The SMILES string of the molecule is C[Si](C)(C)CCOCON1c2cc(O)ccc2NC(=O)c2ccc(Cl)cc21. The van der Waals surface area contributed by atoms with Crippen LogP contribution in [0.1, 0.15) is 10.4 Å². The maximum atomic E-state index is 12.6. The van der Waals surface area contributed by atoms with Gasteiger partial charge in [0, 0.05) is 25.8 Å². The second kappa shape index (κ2) is 7.90. The third-order valence-corrected chi connectivity index (χ3v) is 6.07. The maximum absolute atomic E-state index is 12.6. The van der Waals surface area contributed by atoms with Crippen LogP contribution in [0.4, 0.5) is 17.1 Å². The lowest BCUT2D eigenvalue weighted by Crippen LogP contribution is -2.24. The molecule has 3 rings (SSSR count). The van der Waals surface area contributed by atoms with E-state index in [0.29, 0.717) is 34.3 Å². The number of nitrogens with zero attached hydrogens (tertiary/aromatic N) is 1. The van der Waals surface area contributed by atoms with Gasteiger partial charge in [-0.15, -0.1) is 0 Å². The molecule has 0 bridgehead atoms. The predicted octanol–water partition coefficient (Wildman–Crippen LogP) is 4.99. The Morgan fingerprint density at radius 3 is 2.67 bits per heavy atom. The van der Waals surface area contributed by atoms with E-state index in [-0.39, 0.29) is 18.4 Å². The fourth-order valence-corrected chi connectivity index (χ4v) is 3.57. The molecule has 1 aliphatic heterocycles.